The van der Waals surface area contributed by atoms with Crippen molar-refractivity contribution in [2.24, 2.45) is 0 Å². The zero-order valence-electron chi connectivity index (χ0n) is 14.8. The Morgan fingerprint density at radius 3 is 2.59 bits per heavy atom. The number of nitrogens with zero attached hydrogens (tertiary/aromatic N) is 1. The van der Waals surface area contributed by atoms with Crippen molar-refractivity contribution in [3.05, 3.63) is 32.6 Å². The van der Waals surface area contributed by atoms with Gasteiger partial charge in [0.15, 0.2) is 6.49 Å². The second-order valence-electron chi connectivity index (χ2n) is 6.43. The fraction of sp³-hybridized carbons (Fsp3) is 0.692. The van der Waals surface area contributed by atoms with Gasteiger partial charge in [0.05, 0.1) is 12.7 Å². The van der Waals surface area contributed by atoms with Crippen molar-refractivity contribution in [2.45, 2.75) is 51.3 Å². The third-order valence-corrected chi connectivity index (χ3v) is 7.87. The largest absolute Gasteiger partial charge is 0.469 e. The maximum absolute atomic E-state index is 12.1. The highest BCUT2D eigenvalue weighted by Gasteiger charge is 2.41. The molecule has 1 aliphatic heterocycles. The summed E-state index contributed by atoms with van der Waals surface area (Å²) in [5, 5.41) is 0. The zero-order valence-corrected chi connectivity index (χ0v) is 17.4. The van der Waals surface area contributed by atoms with Crippen LogP contribution >= 0.6 is 14.3 Å². The van der Waals surface area contributed by atoms with Crippen LogP contribution in [0.15, 0.2) is 15.8 Å². The third-order valence-electron chi connectivity index (χ3n) is 3.98. The Bertz CT molecular complexity index is 893. The van der Waals surface area contributed by atoms with Crippen LogP contribution in [-0.4, -0.2) is 48.7 Å². The van der Waals surface area contributed by atoms with Gasteiger partial charge >= 0.3 is 13.5 Å². The Morgan fingerprint density at radius 1 is 1.41 bits per heavy atom. The quantitative estimate of drug-likeness (QED) is 0.432. The number of H-pyrrole nitrogens is 1. The first-order valence-electron chi connectivity index (χ1n) is 7.98. The number of phosphoric acid groups is 1. The van der Waals surface area contributed by atoms with Gasteiger partial charge in [-0.3, -0.25) is 18.9 Å². The number of aromatic nitrogens is 2. The summed E-state index contributed by atoms with van der Waals surface area (Å²) in [6, 6.07) is 0. The van der Waals surface area contributed by atoms with Crippen LogP contribution in [0.3, 0.4) is 0 Å². The molecule has 1 unspecified atom stereocenters. The molecule has 0 spiro atoms. The average molecular weight is 444 g/mol. The molecule has 0 amide bonds. The van der Waals surface area contributed by atoms with Crippen LogP contribution in [0, 0.1) is 6.92 Å². The minimum atomic E-state index is -4.76. The van der Waals surface area contributed by atoms with Crippen molar-refractivity contribution < 1.29 is 33.0 Å². The van der Waals surface area contributed by atoms with E-state index in [1.807, 2.05) is 0 Å². The molecule has 14 heteroatoms. The molecular formula is C13H22N2O9P2S. The summed E-state index contributed by atoms with van der Waals surface area (Å²) < 4.78 is 27.9. The summed E-state index contributed by atoms with van der Waals surface area (Å²) in [6.07, 6.45) is -1.38. The smallest absolute Gasteiger partial charge is 0.349 e. The summed E-state index contributed by atoms with van der Waals surface area (Å²) in [4.78, 5) is 53.9. The molecule has 11 nitrogen and oxygen atoms in total. The van der Waals surface area contributed by atoms with E-state index in [9.17, 15) is 19.0 Å². The Kier molecular flexibility index (Phi) is 7.00. The molecule has 4 N–H and O–H groups in total. The molecule has 27 heavy (non-hydrogen) atoms. The predicted octanol–water partition coefficient (Wildman–Crippen LogP) is 0.337. The Morgan fingerprint density at radius 2 is 2.04 bits per heavy atom. The molecule has 0 aromatic carbocycles. The van der Waals surface area contributed by atoms with Crippen LogP contribution in [-0.2, 0) is 30.2 Å². The minimum Gasteiger partial charge on any atom is -0.349 e. The van der Waals surface area contributed by atoms with Gasteiger partial charge in [-0.15, -0.1) is 0 Å². The van der Waals surface area contributed by atoms with Crippen molar-refractivity contribution >= 4 is 26.1 Å². The third kappa shape index (κ3) is 5.90. The van der Waals surface area contributed by atoms with Crippen LogP contribution in [0.5, 0.6) is 0 Å². The first kappa shape index (κ1) is 22.6. The summed E-state index contributed by atoms with van der Waals surface area (Å²) in [5.41, 5.74) is -1.32. The van der Waals surface area contributed by atoms with Gasteiger partial charge < -0.3 is 23.9 Å². The summed E-state index contributed by atoms with van der Waals surface area (Å²) >= 11 is 5.11. The molecule has 1 saturated heterocycles. The summed E-state index contributed by atoms with van der Waals surface area (Å²) in [5.74, 6) is 0. The number of hydrogen-bond donors (Lipinski definition) is 4. The molecule has 0 aliphatic carbocycles. The summed E-state index contributed by atoms with van der Waals surface area (Å²) in [6.45, 7) is 1.15. The SMILES string of the molecule is Cc1cn([C@H]2C[C@H](OP(O)(=S)C(C)C)[C@@H](COP(=O)(O)O)O2)c(=O)[nH]c1=O. The lowest BCUT2D eigenvalue weighted by atomic mass is 10.2. The van der Waals surface area contributed by atoms with E-state index in [-0.39, 0.29) is 17.6 Å². The Hall–Kier alpha value is -0.680. The van der Waals surface area contributed by atoms with E-state index in [2.05, 4.69) is 9.51 Å². The maximum Gasteiger partial charge on any atom is 0.469 e. The zero-order chi connectivity index (χ0) is 20.6. The van der Waals surface area contributed by atoms with Gasteiger partial charge in [-0.2, -0.15) is 0 Å². The van der Waals surface area contributed by atoms with Crippen molar-refractivity contribution in [1.29, 1.82) is 0 Å². The lowest BCUT2D eigenvalue weighted by Gasteiger charge is -2.26. The van der Waals surface area contributed by atoms with Gasteiger partial charge in [-0.05, 0) is 18.7 Å². The number of rotatable bonds is 7. The maximum atomic E-state index is 12.1. The Labute approximate surface area is 159 Å². The van der Waals surface area contributed by atoms with E-state index in [0.717, 1.165) is 4.57 Å². The van der Waals surface area contributed by atoms with Gasteiger partial charge in [0.2, 0.25) is 0 Å². The van der Waals surface area contributed by atoms with E-state index < -0.39 is 50.6 Å². The van der Waals surface area contributed by atoms with Gasteiger partial charge in [-0.25, -0.2) is 9.36 Å². The number of nitrogens with one attached hydrogen (secondary N) is 1. The molecule has 154 valence electrons. The van der Waals surface area contributed by atoms with Gasteiger partial charge in [0.1, 0.15) is 12.3 Å². The van der Waals surface area contributed by atoms with E-state index in [0.29, 0.717) is 0 Å². The number of hydrogen-bond acceptors (Lipinski definition) is 7. The molecule has 4 atom stereocenters. The lowest BCUT2D eigenvalue weighted by molar-refractivity contribution is -0.0414. The average Bonchev–Trinajstić information content (AvgIpc) is 2.90. The molecule has 2 heterocycles. The fourth-order valence-electron chi connectivity index (χ4n) is 2.42. The first-order valence-corrected chi connectivity index (χ1v) is 12.3. The van der Waals surface area contributed by atoms with Crippen LogP contribution in [0.1, 0.15) is 32.1 Å². The molecule has 2 rings (SSSR count). The van der Waals surface area contributed by atoms with Crippen LogP contribution in [0.4, 0.5) is 0 Å². The molecule has 1 aromatic heterocycles. The fourth-order valence-corrected chi connectivity index (χ4v) is 3.94. The molecule has 1 aliphatic rings. The number of aromatic amines is 1. The summed E-state index contributed by atoms with van der Waals surface area (Å²) in [7, 11) is -4.76. The van der Waals surface area contributed by atoms with Crippen LogP contribution in [0.25, 0.3) is 0 Å². The second kappa shape index (κ2) is 8.36. The minimum absolute atomic E-state index is 0.0618. The molecule has 0 saturated carbocycles. The topological polar surface area (TPSA) is 160 Å². The van der Waals surface area contributed by atoms with Crippen molar-refractivity contribution in [3.8, 4) is 0 Å². The lowest BCUT2D eigenvalue weighted by Crippen LogP contribution is -2.33. The highest BCUT2D eigenvalue weighted by molar-refractivity contribution is 8.09. The predicted molar refractivity (Wildman–Crippen MR) is 99.1 cm³/mol. The van der Waals surface area contributed by atoms with E-state index in [1.165, 1.54) is 13.1 Å². The molecule has 1 aromatic rings. The highest BCUT2D eigenvalue weighted by atomic mass is 32.5. The first-order chi connectivity index (χ1) is 12.3. The van der Waals surface area contributed by atoms with Crippen molar-refractivity contribution in [3.63, 3.8) is 0 Å². The normalized spacial score (nSPS) is 25.7. The molecule has 1 fully saturated rings. The van der Waals surface area contributed by atoms with Crippen molar-refractivity contribution in [2.75, 3.05) is 6.61 Å². The van der Waals surface area contributed by atoms with E-state index >= 15 is 0 Å². The van der Waals surface area contributed by atoms with Gasteiger partial charge in [0, 0.05) is 23.8 Å². The molecular weight excluding hydrogens is 422 g/mol. The van der Waals surface area contributed by atoms with Gasteiger partial charge in [-0.1, -0.05) is 13.8 Å². The van der Waals surface area contributed by atoms with E-state index in [1.54, 1.807) is 13.8 Å². The highest BCUT2D eigenvalue weighted by Crippen LogP contribution is 2.51. The number of ether oxygens (including phenoxy) is 1. The number of aryl methyl sites for hydroxylation is 1. The Balaban J connectivity index is 2.29. The van der Waals surface area contributed by atoms with E-state index in [4.69, 9.17) is 30.9 Å². The van der Waals surface area contributed by atoms with Gasteiger partial charge in [0.25, 0.3) is 5.56 Å². The monoisotopic (exact) mass is 444 g/mol. The van der Waals surface area contributed by atoms with Crippen molar-refractivity contribution in [1.82, 2.24) is 9.55 Å². The standard InChI is InChI=1S/C13H22N2O9P2S/c1-7(2)25(18,27)24-9-4-11(23-10(9)6-22-26(19,20)21)15-5-8(3)12(16)14-13(15)17/h5,7,9-11H,4,6H2,1-3H3,(H,18,27)(H,14,16,17)(H2,19,20,21)/t9-,10+,11+,25?/m0/s1. The molecule has 0 bridgehead atoms. The van der Waals surface area contributed by atoms with Crippen LogP contribution in [0.2, 0.25) is 0 Å². The molecule has 0 radical (unpaired) electrons. The van der Waals surface area contributed by atoms with Crippen LogP contribution < -0.4 is 11.2 Å². The number of phosphoric ester groups is 1. The second-order valence-corrected chi connectivity index (χ2v) is 11.6.